The largest absolute Gasteiger partial charge is 0.375 e. The first-order valence-electron chi connectivity index (χ1n) is 7.25. The van der Waals surface area contributed by atoms with Gasteiger partial charge in [0.15, 0.2) is 0 Å². The smallest absolute Gasteiger partial charge is 0.271 e. The number of carbonyl (C=O) groups excluding carboxylic acids is 1. The van der Waals surface area contributed by atoms with Crippen molar-refractivity contribution in [2.24, 2.45) is 0 Å². The van der Waals surface area contributed by atoms with Gasteiger partial charge in [-0.05, 0) is 57.3 Å². The van der Waals surface area contributed by atoms with Crippen LogP contribution >= 0.6 is 11.5 Å². The summed E-state index contributed by atoms with van der Waals surface area (Å²) in [5.41, 5.74) is 1.52. The highest BCUT2D eigenvalue weighted by atomic mass is 32.1. The molecule has 1 aliphatic rings. The maximum absolute atomic E-state index is 12.5. The predicted octanol–water partition coefficient (Wildman–Crippen LogP) is 3.29. The van der Waals surface area contributed by atoms with Crippen molar-refractivity contribution in [2.45, 2.75) is 45.3 Å². The zero-order valence-electron chi connectivity index (χ0n) is 12.6. The van der Waals surface area contributed by atoms with Gasteiger partial charge in [0.1, 0.15) is 5.69 Å². The Morgan fingerprint density at radius 1 is 1.48 bits per heavy atom. The maximum atomic E-state index is 12.5. The maximum Gasteiger partial charge on any atom is 0.271 e. The Morgan fingerprint density at radius 3 is 3.05 bits per heavy atom. The van der Waals surface area contributed by atoms with Crippen molar-refractivity contribution in [1.82, 2.24) is 9.69 Å². The summed E-state index contributed by atoms with van der Waals surface area (Å²) >= 11 is 1.38. The molecule has 0 radical (unpaired) electrons. The van der Waals surface area contributed by atoms with E-state index in [-0.39, 0.29) is 17.6 Å². The fourth-order valence-electron chi connectivity index (χ4n) is 2.83. The molecule has 4 nitrogen and oxygen atoms in total. The Morgan fingerprint density at radius 2 is 2.29 bits per heavy atom. The summed E-state index contributed by atoms with van der Waals surface area (Å²) in [6.07, 6.45) is 1.69. The average molecular weight is 304 g/mol. The third-order valence-corrected chi connectivity index (χ3v) is 4.70. The summed E-state index contributed by atoms with van der Waals surface area (Å²) in [4.78, 5) is 12.5. The quantitative estimate of drug-likeness (QED) is 0.926. The Bertz CT molecular complexity index is 678. The molecule has 2 heterocycles. The van der Waals surface area contributed by atoms with Crippen LogP contribution in [-0.4, -0.2) is 28.5 Å². The Hall–Kier alpha value is -1.46. The normalized spacial score (nSPS) is 21.4. The number of carbonyl (C=O) groups is 1. The van der Waals surface area contributed by atoms with Gasteiger partial charge in [0.25, 0.3) is 5.91 Å². The van der Waals surface area contributed by atoms with Crippen molar-refractivity contribution in [3.05, 3.63) is 29.5 Å². The van der Waals surface area contributed by atoms with E-state index in [1.165, 1.54) is 11.5 Å². The van der Waals surface area contributed by atoms with Crippen LogP contribution in [0.3, 0.4) is 0 Å². The summed E-state index contributed by atoms with van der Waals surface area (Å²) in [6.45, 7) is 6.84. The zero-order chi connectivity index (χ0) is 15.0. The lowest BCUT2D eigenvalue weighted by Crippen LogP contribution is -2.45. The Labute approximate surface area is 128 Å². The van der Waals surface area contributed by atoms with Crippen LogP contribution in [0, 0.1) is 6.92 Å². The molecule has 1 aliphatic heterocycles. The van der Waals surface area contributed by atoms with Gasteiger partial charge in [-0.2, -0.15) is 4.37 Å². The molecule has 0 aliphatic carbocycles. The van der Waals surface area contributed by atoms with Crippen LogP contribution in [0.2, 0.25) is 0 Å². The SMILES string of the molecule is Cc1ccc2snc(C(=O)N[C@H]3CCOC(C)(C)C3)c2c1. The monoisotopic (exact) mass is 304 g/mol. The zero-order valence-corrected chi connectivity index (χ0v) is 13.4. The number of hydrogen-bond acceptors (Lipinski definition) is 4. The summed E-state index contributed by atoms with van der Waals surface area (Å²) in [5, 5.41) is 4.06. The predicted molar refractivity (Wildman–Crippen MR) is 84.9 cm³/mol. The number of hydrogen-bond donors (Lipinski definition) is 1. The summed E-state index contributed by atoms with van der Waals surface area (Å²) in [5.74, 6) is -0.0745. The van der Waals surface area contributed by atoms with Crippen LogP contribution < -0.4 is 5.32 Å². The average Bonchev–Trinajstić information content (AvgIpc) is 2.80. The molecule has 21 heavy (non-hydrogen) atoms. The van der Waals surface area contributed by atoms with Crippen molar-refractivity contribution in [2.75, 3.05) is 6.61 Å². The van der Waals surface area contributed by atoms with E-state index >= 15 is 0 Å². The lowest BCUT2D eigenvalue weighted by molar-refractivity contribution is -0.0615. The minimum Gasteiger partial charge on any atom is -0.375 e. The molecule has 3 rings (SSSR count). The standard InChI is InChI=1S/C16H20N2O2S/c1-10-4-5-13-12(8-10)14(18-21-13)15(19)17-11-6-7-20-16(2,3)9-11/h4-5,8,11H,6-7,9H2,1-3H3,(H,17,19)/t11-/m0/s1. The van der Waals surface area contributed by atoms with Crippen LogP contribution in [0.1, 0.15) is 42.7 Å². The molecular formula is C16H20N2O2S. The number of rotatable bonds is 2. The highest BCUT2D eigenvalue weighted by Crippen LogP contribution is 2.26. The minimum atomic E-state index is -0.170. The first-order valence-corrected chi connectivity index (χ1v) is 8.03. The van der Waals surface area contributed by atoms with Gasteiger partial charge in [0.05, 0.1) is 10.3 Å². The van der Waals surface area contributed by atoms with E-state index in [2.05, 4.69) is 23.5 Å². The molecule has 1 amide bonds. The molecule has 5 heteroatoms. The highest BCUT2D eigenvalue weighted by Gasteiger charge is 2.30. The third-order valence-electron chi connectivity index (χ3n) is 3.87. The van der Waals surface area contributed by atoms with E-state index in [9.17, 15) is 4.79 Å². The molecular weight excluding hydrogens is 284 g/mol. The molecule has 1 atom stereocenters. The number of amides is 1. The summed E-state index contributed by atoms with van der Waals surface area (Å²) in [6, 6.07) is 6.25. The first kappa shape index (κ1) is 14.5. The van der Waals surface area contributed by atoms with E-state index in [1.54, 1.807) is 0 Å². The van der Waals surface area contributed by atoms with Crippen molar-refractivity contribution >= 4 is 27.5 Å². The number of ether oxygens (including phenoxy) is 1. The molecule has 0 bridgehead atoms. The van der Waals surface area contributed by atoms with E-state index in [0.717, 1.165) is 28.5 Å². The molecule has 1 aromatic carbocycles. The fourth-order valence-corrected chi connectivity index (χ4v) is 3.58. The van der Waals surface area contributed by atoms with Crippen molar-refractivity contribution in [3.8, 4) is 0 Å². The lowest BCUT2D eigenvalue weighted by Gasteiger charge is -2.35. The number of fused-ring (bicyclic) bond motifs is 1. The van der Waals surface area contributed by atoms with Crippen molar-refractivity contribution in [3.63, 3.8) is 0 Å². The number of nitrogens with one attached hydrogen (secondary N) is 1. The molecule has 1 aromatic heterocycles. The molecule has 0 spiro atoms. The van der Waals surface area contributed by atoms with Crippen LogP contribution in [-0.2, 0) is 4.74 Å². The van der Waals surface area contributed by atoms with Crippen molar-refractivity contribution < 1.29 is 9.53 Å². The fraction of sp³-hybridized carbons (Fsp3) is 0.500. The number of benzene rings is 1. The number of aryl methyl sites for hydroxylation is 1. The lowest BCUT2D eigenvalue weighted by atomic mass is 9.94. The third kappa shape index (κ3) is 3.09. The van der Waals surface area contributed by atoms with Gasteiger partial charge in [-0.1, -0.05) is 11.6 Å². The van der Waals surface area contributed by atoms with Crippen LogP contribution in [0.4, 0.5) is 0 Å². The molecule has 0 unspecified atom stereocenters. The molecule has 112 valence electrons. The van der Waals surface area contributed by atoms with Crippen LogP contribution in [0.5, 0.6) is 0 Å². The minimum absolute atomic E-state index is 0.0745. The first-order chi connectivity index (χ1) is 9.94. The highest BCUT2D eigenvalue weighted by molar-refractivity contribution is 7.13. The van der Waals surface area contributed by atoms with Gasteiger partial charge in [0, 0.05) is 18.0 Å². The van der Waals surface area contributed by atoms with Gasteiger partial charge in [-0.3, -0.25) is 4.79 Å². The Balaban J connectivity index is 1.79. The molecule has 1 saturated heterocycles. The van der Waals surface area contributed by atoms with Crippen LogP contribution in [0.25, 0.3) is 10.1 Å². The second-order valence-corrected chi connectivity index (χ2v) is 7.11. The second-order valence-electron chi connectivity index (χ2n) is 6.30. The summed E-state index contributed by atoms with van der Waals surface area (Å²) in [7, 11) is 0. The Kier molecular flexibility index (Phi) is 3.71. The van der Waals surface area contributed by atoms with Gasteiger partial charge in [0.2, 0.25) is 0 Å². The van der Waals surface area contributed by atoms with E-state index < -0.39 is 0 Å². The topological polar surface area (TPSA) is 51.2 Å². The van der Waals surface area contributed by atoms with Crippen molar-refractivity contribution in [1.29, 1.82) is 0 Å². The van der Waals surface area contributed by atoms with E-state index in [4.69, 9.17) is 4.74 Å². The molecule has 1 N–H and O–H groups in total. The summed E-state index contributed by atoms with van der Waals surface area (Å²) < 4.78 is 11.1. The number of nitrogens with zero attached hydrogens (tertiary/aromatic N) is 1. The number of aromatic nitrogens is 1. The molecule has 1 fully saturated rings. The van der Waals surface area contributed by atoms with E-state index in [1.807, 2.05) is 25.1 Å². The van der Waals surface area contributed by atoms with Gasteiger partial charge in [-0.15, -0.1) is 0 Å². The van der Waals surface area contributed by atoms with Gasteiger partial charge in [-0.25, -0.2) is 0 Å². The molecule has 2 aromatic rings. The molecule has 0 saturated carbocycles. The van der Waals surface area contributed by atoms with Crippen LogP contribution in [0.15, 0.2) is 18.2 Å². The van der Waals surface area contributed by atoms with Gasteiger partial charge >= 0.3 is 0 Å². The van der Waals surface area contributed by atoms with Gasteiger partial charge < -0.3 is 10.1 Å². The van der Waals surface area contributed by atoms with E-state index in [0.29, 0.717) is 12.3 Å². The second kappa shape index (κ2) is 5.39.